The molecule has 2 aromatic rings. The maximum Gasteiger partial charge on any atom is 0.318 e. The van der Waals surface area contributed by atoms with Crippen LogP contribution in [0.15, 0.2) is 18.2 Å². The number of halogens is 1. The molecule has 1 heterocycles. The Morgan fingerprint density at radius 2 is 2.12 bits per heavy atom. The Morgan fingerprint density at radius 1 is 1.42 bits per heavy atom. The molecule has 0 fully saturated rings. The highest BCUT2D eigenvalue weighted by Crippen LogP contribution is 2.33. The molecule has 2 rings (SSSR count). The minimum absolute atomic E-state index is 0.0123. The number of aromatic hydroxyl groups is 1. The van der Waals surface area contributed by atoms with Gasteiger partial charge in [0, 0.05) is 27.3 Å². The van der Waals surface area contributed by atoms with E-state index in [0.29, 0.717) is 39.1 Å². The molecule has 0 aliphatic rings. The smallest absolute Gasteiger partial charge is 0.318 e. The minimum Gasteiger partial charge on any atom is -0.507 e. The van der Waals surface area contributed by atoms with Crippen LogP contribution >= 0.6 is 11.6 Å². The summed E-state index contributed by atoms with van der Waals surface area (Å²) in [4.78, 5) is 20.6. The van der Waals surface area contributed by atoms with Crippen molar-refractivity contribution in [1.29, 1.82) is 0 Å². The molecule has 0 bridgehead atoms. The maximum absolute atomic E-state index is 11.9. The van der Waals surface area contributed by atoms with E-state index >= 15 is 0 Å². The molecule has 0 aliphatic heterocycles. The molecule has 0 radical (unpaired) electrons. The number of aryl methyl sites for hydroxylation is 1. The lowest BCUT2D eigenvalue weighted by molar-refractivity contribution is -0.428. The quantitative estimate of drug-likeness (QED) is 0.692. The van der Waals surface area contributed by atoms with E-state index in [0.717, 1.165) is 6.42 Å². The molecule has 0 aliphatic carbocycles. The second kappa shape index (κ2) is 7.55. The number of hydrogen-bond acceptors (Lipinski definition) is 6. The molecule has 128 valence electrons. The van der Waals surface area contributed by atoms with Gasteiger partial charge < -0.3 is 16.2 Å². The van der Waals surface area contributed by atoms with E-state index in [9.17, 15) is 10.0 Å². The lowest BCUT2D eigenvalue weighted by atomic mass is 10.1. The number of nitrogens with one attached hydrogen (secondary N) is 1. The summed E-state index contributed by atoms with van der Waals surface area (Å²) < 4.78 is 0.705. The predicted molar refractivity (Wildman–Crippen MR) is 94.8 cm³/mol. The molecular formula is C16H21ClN5O2+. The van der Waals surface area contributed by atoms with Crippen LogP contribution in [0.4, 0.5) is 11.5 Å². The topological polar surface area (TPSA) is 104 Å². The van der Waals surface area contributed by atoms with E-state index in [2.05, 4.69) is 15.3 Å². The molecule has 24 heavy (non-hydrogen) atoms. The molecule has 0 saturated heterocycles. The Hall–Kier alpha value is -2.25. The van der Waals surface area contributed by atoms with Crippen LogP contribution in [0.5, 0.6) is 5.75 Å². The van der Waals surface area contributed by atoms with Gasteiger partial charge >= 0.3 is 5.69 Å². The van der Waals surface area contributed by atoms with E-state index in [1.807, 2.05) is 6.92 Å². The van der Waals surface area contributed by atoms with Crippen molar-refractivity contribution in [1.82, 2.24) is 9.97 Å². The monoisotopic (exact) mass is 350 g/mol. The summed E-state index contributed by atoms with van der Waals surface area (Å²) in [6.45, 7) is 4.16. The minimum atomic E-state index is -0.0619. The number of anilines is 1. The van der Waals surface area contributed by atoms with Crippen molar-refractivity contribution in [3.8, 4) is 17.1 Å². The SMILES string of the molecule is CC[C@@H](N)CNc1nc(-c2cc(Cl)ccc2O)nc(C)c1[N+](C)=O. The zero-order valence-electron chi connectivity index (χ0n) is 13.9. The van der Waals surface area contributed by atoms with Gasteiger partial charge in [-0.15, -0.1) is 0 Å². The molecule has 0 saturated carbocycles. The van der Waals surface area contributed by atoms with Crippen LogP contribution in [0, 0.1) is 11.8 Å². The fourth-order valence-corrected chi connectivity index (χ4v) is 2.42. The molecule has 4 N–H and O–H groups in total. The molecule has 7 nitrogen and oxygen atoms in total. The Balaban J connectivity index is 2.53. The average Bonchev–Trinajstić information content (AvgIpc) is 2.53. The molecule has 0 amide bonds. The normalized spacial score (nSPS) is 12.0. The van der Waals surface area contributed by atoms with Gasteiger partial charge in [0.2, 0.25) is 5.82 Å². The number of rotatable bonds is 6. The van der Waals surface area contributed by atoms with Crippen LogP contribution < -0.4 is 11.1 Å². The van der Waals surface area contributed by atoms with Crippen molar-refractivity contribution in [2.45, 2.75) is 26.3 Å². The molecule has 1 aromatic carbocycles. The highest BCUT2D eigenvalue weighted by molar-refractivity contribution is 6.30. The van der Waals surface area contributed by atoms with E-state index in [-0.39, 0.29) is 17.6 Å². The van der Waals surface area contributed by atoms with Crippen LogP contribution in [-0.4, -0.2) is 39.5 Å². The first-order chi connectivity index (χ1) is 11.3. The zero-order chi connectivity index (χ0) is 17.9. The third-order valence-electron chi connectivity index (χ3n) is 3.63. The Bertz CT molecular complexity index is 766. The largest absolute Gasteiger partial charge is 0.507 e. The zero-order valence-corrected chi connectivity index (χ0v) is 14.6. The van der Waals surface area contributed by atoms with Crippen LogP contribution in [0.25, 0.3) is 11.4 Å². The number of aromatic nitrogens is 2. The Kier molecular flexibility index (Phi) is 5.69. The lowest BCUT2D eigenvalue weighted by Crippen LogP contribution is -2.28. The number of nitrogens with two attached hydrogens (primary N) is 1. The first kappa shape index (κ1) is 18.1. The first-order valence-corrected chi connectivity index (χ1v) is 7.99. The van der Waals surface area contributed by atoms with Crippen molar-refractivity contribution in [2.24, 2.45) is 5.73 Å². The van der Waals surface area contributed by atoms with Crippen LogP contribution in [0.1, 0.15) is 19.0 Å². The predicted octanol–water partition coefficient (Wildman–Crippen LogP) is 3.00. The summed E-state index contributed by atoms with van der Waals surface area (Å²) in [6, 6.07) is 4.57. The van der Waals surface area contributed by atoms with Crippen LogP contribution in [0.2, 0.25) is 5.02 Å². The summed E-state index contributed by atoms with van der Waals surface area (Å²) in [5, 5.41) is 13.6. The van der Waals surface area contributed by atoms with Crippen molar-refractivity contribution >= 4 is 23.1 Å². The highest BCUT2D eigenvalue weighted by Gasteiger charge is 2.24. The molecule has 1 aromatic heterocycles. The van der Waals surface area contributed by atoms with Crippen molar-refractivity contribution in [3.63, 3.8) is 0 Å². The van der Waals surface area contributed by atoms with Gasteiger partial charge in [-0.2, -0.15) is 0 Å². The lowest BCUT2D eigenvalue weighted by Gasteiger charge is -2.13. The number of nitroso groups, excluding NO2 is 1. The van der Waals surface area contributed by atoms with Crippen LogP contribution in [-0.2, 0) is 0 Å². The van der Waals surface area contributed by atoms with E-state index in [1.54, 1.807) is 19.1 Å². The summed E-state index contributed by atoms with van der Waals surface area (Å²) in [5.74, 6) is 0.669. The third kappa shape index (κ3) is 3.98. The van der Waals surface area contributed by atoms with Gasteiger partial charge in [-0.05, 0) is 31.5 Å². The van der Waals surface area contributed by atoms with Gasteiger partial charge in [-0.1, -0.05) is 18.5 Å². The first-order valence-electron chi connectivity index (χ1n) is 7.61. The van der Waals surface area contributed by atoms with E-state index < -0.39 is 0 Å². The Labute approximate surface area is 145 Å². The van der Waals surface area contributed by atoms with Gasteiger partial charge in [-0.3, -0.25) is 0 Å². The summed E-state index contributed by atoms with van der Waals surface area (Å²) in [6.07, 6.45) is 0.793. The maximum atomic E-state index is 11.9. The van der Waals surface area contributed by atoms with Crippen molar-refractivity contribution < 1.29 is 9.87 Å². The molecule has 1 atom stereocenters. The van der Waals surface area contributed by atoms with E-state index in [4.69, 9.17) is 17.3 Å². The number of hydrogen-bond donors (Lipinski definition) is 3. The fraction of sp³-hybridized carbons (Fsp3) is 0.375. The number of phenolic OH excluding ortho intramolecular Hbond substituents is 1. The second-order valence-corrected chi connectivity index (χ2v) is 5.97. The summed E-state index contributed by atoms with van der Waals surface area (Å²) in [7, 11) is 1.38. The second-order valence-electron chi connectivity index (χ2n) is 5.54. The third-order valence-corrected chi connectivity index (χ3v) is 3.86. The highest BCUT2D eigenvalue weighted by atomic mass is 35.5. The molecule has 0 spiro atoms. The standard InChI is InChI=1S/C16H20ClN5O2/c1-4-11(18)8-19-16-14(22(3)24)9(2)20-15(21-16)12-7-10(17)5-6-13(12)23/h5-7,11H,4,8,18H2,1-3H3,(H-,19,20,21,23,24)/p+1/t11-/m1/s1. The summed E-state index contributed by atoms with van der Waals surface area (Å²) >= 11 is 5.99. The van der Waals surface area contributed by atoms with Gasteiger partial charge in [-0.25, -0.2) is 9.97 Å². The molecular weight excluding hydrogens is 330 g/mol. The van der Waals surface area contributed by atoms with Crippen molar-refractivity contribution in [3.05, 3.63) is 33.8 Å². The van der Waals surface area contributed by atoms with E-state index in [1.165, 1.54) is 13.1 Å². The number of benzene rings is 1. The number of phenols is 1. The van der Waals surface area contributed by atoms with Gasteiger partial charge in [0.05, 0.1) is 5.56 Å². The molecule has 8 heteroatoms. The molecule has 0 unspecified atom stereocenters. The van der Waals surface area contributed by atoms with Crippen molar-refractivity contribution in [2.75, 3.05) is 18.9 Å². The summed E-state index contributed by atoms with van der Waals surface area (Å²) in [5.41, 5.74) is 7.15. The van der Waals surface area contributed by atoms with Gasteiger partial charge in [0.25, 0.3) is 0 Å². The Morgan fingerprint density at radius 3 is 2.75 bits per heavy atom. The number of nitrogens with zero attached hydrogens (tertiary/aromatic N) is 3. The van der Waals surface area contributed by atoms with Crippen LogP contribution in [0.3, 0.4) is 0 Å². The van der Waals surface area contributed by atoms with Gasteiger partial charge in [0.1, 0.15) is 11.4 Å². The average molecular weight is 351 g/mol. The van der Waals surface area contributed by atoms with Gasteiger partial charge in [0.15, 0.2) is 12.9 Å². The fourth-order valence-electron chi connectivity index (χ4n) is 2.25.